The molecule has 1 aliphatic heterocycles. The fraction of sp³-hybridized carbons (Fsp3) is 1.00. The van der Waals surface area contributed by atoms with Crippen molar-refractivity contribution in [1.29, 1.82) is 0 Å². The highest BCUT2D eigenvalue weighted by Crippen LogP contribution is 2.01. The molecule has 0 spiro atoms. The van der Waals surface area contributed by atoms with Crippen LogP contribution in [0, 0.1) is 0 Å². The zero-order valence-electron chi connectivity index (χ0n) is 7.15. The fourth-order valence-corrected chi connectivity index (χ4v) is 1.84. The largest absolute Gasteiger partial charge is 1.00 e. The molecule has 2 atom stereocenters. The summed E-state index contributed by atoms with van der Waals surface area (Å²) < 4.78 is 0. The van der Waals surface area contributed by atoms with E-state index >= 15 is 0 Å². The highest BCUT2D eigenvalue weighted by Gasteiger charge is 2.22. The van der Waals surface area contributed by atoms with Crippen LogP contribution < -0.4 is 28.9 Å². The van der Waals surface area contributed by atoms with Gasteiger partial charge in [-0.05, 0) is 19.8 Å². The van der Waals surface area contributed by atoms with Crippen LogP contribution in [-0.2, 0) is 0 Å². The molecule has 0 aromatic heterocycles. The summed E-state index contributed by atoms with van der Waals surface area (Å²) in [6.45, 7) is 5.01. The van der Waals surface area contributed by atoms with E-state index in [1.807, 2.05) is 0 Å². The van der Waals surface area contributed by atoms with Gasteiger partial charge in [-0.3, -0.25) is 0 Å². The Hall–Kier alpha value is 0.650. The van der Waals surface area contributed by atoms with Gasteiger partial charge in [-0.25, -0.2) is 0 Å². The number of aliphatic hydroxyl groups excluding tert-OH is 1. The topological polar surface area (TPSA) is 24.7 Å². The van der Waals surface area contributed by atoms with Gasteiger partial charge in [0.25, 0.3) is 0 Å². The van der Waals surface area contributed by atoms with E-state index in [-0.39, 0.29) is 24.0 Å². The lowest BCUT2D eigenvalue weighted by atomic mass is 10.0. The van der Waals surface area contributed by atoms with Crippen molar-refractivity contribution >= 4 is 0 Å². The van der Waals surface area contributed by atoms with Crippen molar-refractivity contribution in [3.63, 3.8) is 0 Å². The molecule has 0 aliphatic carbocycles. The molecule has 2 N–H and O–H groups in total. The molecule has 68 valence electrons. The molecule has 2 unspecified atom stereocenters. The van der Waals surface area contributed by atoms with Crippen molar-refractivity contribution in [1.82, 2.24) is 0 Å². The normalized spacial score (nSPS) is 31.1. The Morgan fingerprint density at radius 3 is 2.64 bits per heavy atom. The first kappa shape index (κ1) is 11.6. The van der Waals surface area contributed by atoms with E-state index in [1.165, 1.54) is 32.4 Å². The monoisotopic (exact) mass is 271 g/mol. The smallest absolute Gasteiger partial charge is 0.111 e. The molecular formula is C8H18INO. The Kier molecular flexibility index (Phi) is 6.56. The average molecular weight is 271 g/mol. The Balaban J connectivity index is 0.000001000. The maximum atomic E-state index is 8.97. The van der Waals surface area contributed by atoms with E-state index in [9.17, 15) is 0 Å². The molecule has 1 aliphatic rings. The molecule has 3 heteroatoms. The molecule has 0 amide bonds. The van der Waals surface area contributed by atoms with Crippen molar-refractivity contribution in [3.05, 3.63) is 0 Å². The molecule has 0 aromatic carbocycles. The molecule has 1 fully saturated rings. The van der Waals surface area contributed by atoms with Crippen molar-refractivity contribution in [2.75, 3.05) is 19.7 Å². The molecule has 0 saturated carbocycles. The first-order valence-corrected chi connectivity index (χ1v) is 4.34. The zero-order chi connectivity index (χ0) is 7.40. The van der Waals surface area contributed by atoms with Crippen molar-refractivity contribution in [3.8, 4) is 0 Å². The number of rotatable bonds is 2. The highest BCUT2D eigenvalue weighted by atomic mass is 127. The Morgan fingerprint density at radius 2 is 2.18 bits per heavy atom. The third-order valence-corrected chi connectivity index (χ3v) is 2.55. The van der Waals surface area contributed by atoms with Gasteiger partial charge in [0.05, 0.1) is 19.7 Å². The second-order valence-corrected chi connectivity index (χ2v) is 3.14. The maximum absolute atomic E-state index is 8.97. The van der Waals surface area contributed by atoms with Gasteiger partial charge in [-0.15, -0.1) is 0 Å². The number of likely N-dealkylation sites (tertiary alicyclic amines) is 1. The molecule has 1 heterocycles. The van der Waals surface area contributed by atoms with Gasteiger partial charge in [0.15, 0.2) is 0 Å². The van der Waals surface area contributed by atoms with Gasteiger partial charge in [-0.1, -0.05) is 0 Å². The second kappa shape index (κ2) is 6.20. The van der Waals surface area contributed by atoms with E-state index < -0.39 is 0 Å². The van der Waals surface area contributed by atoms with Crippen LogP contribution in [0.2, 0.25) is 0 Å². The number of aliphatic hydroxyl groups is 1. The lowest BCUT2D eigenvalue weighted by molar-refractivity contribution is -0.929. The molecule has 11 heavy (non-hydrogen) atoms. The summed E-state index contributed by atoms with van der Waals surface area (Å²) in [6, 6.07) is 0.541. The molecule has 1 saturated heterocycles. The quantitative estimate of drug-likeness (QED) is 0.499. The third kappa shape index (κ3) is 3.25. The number of quaternary nitrogens is 1. The average Bonchev–Trinajstić information content (AvgIpc) is 2.04. The summed E-state index contributed by atoms with van der Waals surface area (Å²) in [4.78, 5) is 1.59. The minimum atomic E-state index is 0. The number of likely N-dealkylation sites (N-methyl/N-ethyl adjacent to an activating group) is 1. The first-order chi connectivity index (χ1) is 4.88. The van der Waals surface area contributed by atoms with E-state index in [2.05, 4.69) is 6.92 Å². The second-order valence-electron chi connectivity index (χ2n) is 3.14. The van der Waals surface area contributed by atoms with E-state index in [1.54, 1.807) is 4.90 Å². The fourth-order valence-electron chi connectivity index (χ4n) is 1.84. The van der Waals surface area contributed by atoms with Crippen LogP contribution in [-0.4, -0.2) is 30.8 Å². The molecule has 1 rings (SSSR count). The van der Waals surface area contributed by atoms with Crippen molar-refractivity contribution < 1.29 is 34.0 Å². The van der Waals surface area contributed by atoms with Crippen LogP contribution in [0.5, 0.6) is 0 Å². The summed E-state index contributed by atoms with van der Waals surface area (Å²) in [5, 5.41) is 8.97. The van der Waals surface area contributed by atoms with Gasteiger partial charge in [0.1, 0.15) is 6.04 Å². The van der Waals surface area contributed by atoms with Gasteiger partial charge in [-0.2, -0.15) is 0 Å². The minimum absolute atomic E-state index is 0. The number of nitrogens with one attached hydrogen (secondary N) is 1. The predicted molar refractivity (Wildman–Crippen MR) is 41.1 cm³/mol. The van der Waals surface area contributed by atoms with Gasteiger partial charge in [0, 0.05) is 6.42 Å². The highest BCUT2D eigenvalue weighted by molar-refractivity contribution is 4.58. The molecular weight excluding hydrogens is 253 g/mol. The predicted octanol–water partition coefficient (Wildman–Crippen LogP) is -3.56. The van der Waals surface area contributed by atoms with E-state index in [0.29, 0.717) is 12.6 Å². The van der Waals surface area contributed by atoms with Crippen LogP contribution >= 0.6 is 0 Å². The minimum Gasteiger partial charge on any atom is -1.00 e. The summed E-state index contributed by atoms with van der Waals surface area (Å²) >= 11 is 0. The molecule has 2 nitrogen and oxygen atoms in total. The summed E-state index contributed by atoms with van der Waals surface area (Å²) in [5.74, 6) is 0. The van der Waals surface area contributed by atoms with Crippen LogP contribution in [0.15, 0.2) is 0 Å². The van der Waals surface area contributed by atoms with Gasteiger partial charge >= 0.3 is 0 Å². The summed E-state index contributed by atoms with van der Waals surface area (Å²) in [5.41, 5.74) is 0. The molecule has 0 radical (unpaired) electrons. The number of hydrogen-bond acceptors (Lipinski definition) is 1. The number of halogens is 1. The lowest BCUT2D eigenvalue weighted by Gasteiger charge is -2.30. The van der Waals surface area contributed by atoms with Crippen LogP contribution in [0.1, 0.15) is 26.2 Å². The van der Waals surface area contributed by atoms with Crippen molar-refractivity contribution in [2.45, 2.75) is 32.2 Å². The van der Waals surface area contributed by atoms with Crippen molar-refractivity contribution in [2.24, 2.45) is 0 Å². The maximum Gasteiger partial charge on any atom is 0.111 e. The Labute approximate surface area is 86.0 Å². The Morgan fingerprint density at radius 1 is 1.45 bits per heavy atom. The van der Waals surface area contributed by atoms with E-state index in [0.717, 1.165) is 0 Å². The molecule has 0 bridgehead atoms. The summed E-state index contributed by atoms with van der Waals surface area (Å²) in [6.07, 6.45) is 3.88. The first-order valence-electron chi connectivity index (χ1n) is 4.34. The van der Waals surface area contributed by atoms with E-state index in [4.69, 9.17) is 5.11 Å². The van der Waals surface area contributed by atoms with Crippen LogP contribution in [0.25, 0.3) is 0 Å². The van der Waals surface area contributed by atoms with Crippen LogP contribution in [0.3, 0.4) is 0 Å². The summed E-state index contributed by atoms with van der Waals surface area (Å²) in [7, 11) is 0. The third-order valence-electron chi connectivity index (χ3n) is 2.55. The van der Waals surface area contributed by atoms with Crippen LogP contribution in [0.4, 0.5) is 0 Å². The van der Waals surface area contributed by atoms with Gasteiger partial charge in [0.2, 0.25) is 0 Å². The zero-order valence-corrected chi connectivity index (χ0v) is 9.30. The number of hydrogen-bond donors (Lipinski definition) is 2. The molecule has 0 aromatic rings. The van der Waals surface area contributed by atoms with Gasteiger partial charge < -0.3 is 34.0 Å². The Bertz CT molecular complexity index is 88.1. The number of piperidine rings is 1. The SMILES string of the molecule is CC[NH+]1CCCCC1CO.[I-]. The lowest BCUT2D eigenvalue weighted by Crippen LogP contribution is -3.16. The standard InChI is InChI=1S/C8H17NO.HI/c1-2-9-6-4-3-5-8(9)7-10;/h8,10H,2-7H2,1H3;1H.